The number of nitrogens with zero attached hydrogens (tertiary/aromatic N) is 1. The van der Waals surface area contributed by atoms with Gasteiger partial charge in [0.1, 0.15) is 5.82 Å². The van der Waals surface area contributed by atoms with Gasteiger partial charge in [-0.15, -0.1) is 0 Å². The van der Waals surface area contributed by atoms with Crippen molar-refractivity contribution < 1.29 is 0 Å². The van der Waals surface area contributed by atoms with E-state index in [9.17, 15) is 4.79 Å². The standard InChI is InChI=1S/C13H13ClN2O/c1-7-4-5-10(6-11(7)14)12-15-9(3)8(2)13(17)16-12/h4-6H,1-3H3,(H,15,16,17). The van der Waals surface area contributed by atoms with Gasteiger partial charge in [0.05, 0.1) is 0 Å². The average molecular weight is 249 g/mol. The molecule has 1 aromatic carbocycles. The molecule has 0 amide bonds. The predicted octanol–water partition coefficient (Wildman–Crippen LogP) is 3.02. The van der Waals surface area contributed by atoms with Gasteiger partial charge in [0.2, 0.25) is 0 Å². The molecule has 4 heteroatoms. The lowest BCUT2D eigenvalue weighted by Gasteiger charge is -2.05. The van der Waals surface area contributed by atoms with Crippen LogP contribution in [0.3, 0.4) is 0 Å². The molecule has 0 fully saturated rings. The highest BCUT2D eigenvalue weighted by Gasteiger charge is 2.07. The van der Waals surface area contributed by atoms with Crippen molar-refractivity contribution in [1.82, 2.24) is 9.97 Å². The number of hydrogen-bond donors (Lipinski definition) is 1. The highest BCUT2D eigenvalue weighted by atomic mass is 35.5. The van der Waals surface area contributed by atoms with Crippen molar-refractivity contribution in [3.63, 3.8) is 0 Å². The van der Waals surface area contributed by atoms with Gasteiger partial charge in [-0.05, 0) is 32.4 Å². The molecule has 3 nitrogen and oxygen atoms in total. The molecule has 0 saturated heterocycles. The average Bonchev–Trinajstić information content (AvgIpc) is 2.29. The number of aryl methyl sites for hydroxylation is 2. The van der Waals surface area contributed by atoms with Gasteiger partial charge in [-0.1, -0.05) is 23.7 Å². The van der Waals surface area contributed by atoms with E-state index in [0.717, 1.165) is 16.8 Å². The minimum Gasteiger partial charge on any atom is -0.306 e. The second-order valence-corrected chi connectivity index (χ2v) is 4.50. The monoisotopic (exact) mass is 248 g/mol. The van der Waals surface area contributed by atoms with Crippen LogP contribution in [0.15, 0.2) is 23.0 Å². The summed E-state index contributed by atoms with van der Waals surface area (Å²) < 4.78 is 0. The Bertz CT molecular complexity index is 632. The van der Waals surface area contributed by atoms with Crippen molar-refractivity contribution in [1.29, 1.82) is 0 Å². The fraction of sp³-hybridized carbons (Fsp3) is 0.231. The summed E-state index contributed by atoms with van der Waals surface area (Å²) in [5.74, 6) is 0.556. The van der Waals surface area contributed by atoms with Crippen LogP contribution in [0.5, 0.6) is 0 Å². The van der Waals surface area contributed by atoms with E-state index in [1.54, 1.807) is 6.92 Å². The third-order valence-electron chi connectivity index (χ3n) is 2.84. The molecule has 1 N–H and O–H groups in total. The van der Waals surface area contributed by atoms with Crippen LogP contribution in [-0.4, -0.2) is 9.97 Å². The van der Waals surface area contributed by atoms with Crippen LogP contribution in [0, 0.1) is 20.8 Å². The van der Waals surface area contributed by atoms with Crippen LogP contribution in [0.1, 0.15) is 16.8 Å². The second kappa shape index (κ2) is 4.34. The van der Waals surface area contributed by atoms with Crippen LogP contribution in [0.25, 0.3) is 11.4 Å². The van der Waals surface area contributed by atoms with Crippen LogP contribution in [0.4, 0.5) is 0 Å². The van der Waals surface area contributed by atoms with Crippen LogP contribution in [-0.2, 0) is 0 Å². The largest absolute Gasteiger partial charge is 0.306 e. The molecule has 0 radical (unpaired) electrons. The van der Waals surface area contributed by atoms with Gasteiger partial charge in [0.15, 0.2) is 0 Å². The van der Waals surface area contributed by atoms with Crippen LogP contribution >= 0.6 is 11.6 Å². The van der Waals surface area contributed by atoms with Crippen molar-refractivity contribution >= 4 is 11.6 Å². The number of H-pyrrole nitrogens is 1. The molecular weight excluding hydrogens is 236 g/mol. The topological polar surface area (TPSA) is 45.8 Å². The molecule has 0 unspecified atom stereocenters. The first-order valence-corrected chi connectivity index (χ1v) is 5.71. The highest BCUT2D eigenvalue weighted by molar-refractivity contribution is 6.31. The van der Waals surface area contributed by atoms with Gasteiger partial charge in [-0.2, -0.15) is 0 Å². The Balaban J connectivity index is 2.61. The lowest BCUT2D eigenvalue weighted by atomic mass is 10.1. The second-order valence-electron chi connectivity index (χ2n) is 4.09. The lowest BCUT2D eigenvalue weighted by Crippen LogP contribution is -2.14. The number of halogens is 1. The molecule has 1 aromatic heterocycles. The van der Waals surface area contributed by atoms with E-state index < -0.39 is 0 Å². The van der Waals surface area contributed by atoms with Gasteiger partial charge < -0.3 is 4.98 Å². The van der Waals surface area contributed by atoms with E-state index in [0.29, 0.717) is 16.4 Å². The molecule has 1 heterocycles. The van der Waals surface area contributed by atoms with E-state index in [4.69, 9.17) is 11.6 Å². The quantitative estimate of drug-likeness (QED) is 0.843. The third kappa shape index (κ3) is 2.24. The number of benzene rings is 1. The van der Waals surface area contributed by atoms with E-state index in [1.807, 2.05) is 32.0 Å². The van der Waals surface area contributed by atoms with E-state index in [-0.39, 0.29) is 5.56 Å². The van der Waals surface area contributed by atoms with Gasteiger partial charge in [0, 0.05) is 21.8 Å². The highest BCUT2D eigenvalue weighted by Crippen LogP contribution is 2.22. The summed E-state index contributed by atoms with van der Waals surface area (Å²) in [6.45, 7) is 5.51. The molecule has 0 saturated carbocycles. The summed E-state index contributed by atoms with van der Waals surface area (Å²) in [6.07, 6.45) is 0. The molecule has 2 aromatic rings. The molecule has 0 spiro atoms. The molecule has 0 aliphatic rings. The molecule has 88 valence electrons. The first kappa shape index (κ1) is 11.9. The molecular formula is C13H13ClN2O. The summed E-state index contributed by atoms with van der Waals surface area (Å²) >= 11 is 6.05. The van der Waals surface area contributed by atoms with Crippen molar-refractivity contribution in [3.05, 3.63) is 50.4 Å². The lowest BCUT2D eigenvalue weighted by molar-refractivity contribution is 1.03. The van der Waals surface area contributed by atoms with Gasteiger partial charge >= 0.3 is 0 Å². The third-order valence-corrected chi connectivity index (χ3v) is 3.25. The predicted molar refractivity (Wildman–Crippen MR) is 69.5 cm³/mol. The minimum atomic E-state index is -0.107. The Labute approximate surface area is 104 Å². The minimum absolute atomic E-state index is 0.107. The van der Waals surface area contributed by atoms with E-state index in [1.165, 1.54) is 0 Å². The van der Waals surface area contributed by atoms with Crippen LogP contribution < -0.4 is 5.56 Å². The first-order valence-electron chi connectivity index (χ1n) is 5.33. The van der Waals surface area contributed by atoms with Crippen molar-refractivity contribution in [2.45, 2.75) is 20.8 Å². The zero-order valence-electron chi connectivity index (χ0n) is 9.97. The van der Waals surface area contributed by atoms with Crippen molar-refractivity contribution in [2.75, 3.05) is 0 Å². The number of hydrogen-bond acceptors (Lipinski definition) is 2. The molecule has 0 aliphatic carbocycles. The number of rotatable bonds is 1. The zero-order chi connectivity index (χ0) is 12.6. The Hall–Kier alpha value is -1.61. The maximum Gasteiger partial charge on any atom is 0.254 e. The SMILES string of the molecule is Cc1ccc(-c2nc(C)c(C)c(=O)[nH]2)cc1Cl. The summed E-state index contributed by atoms with van der Waals surface area (Å²) in [4.78, 5) is 18.8. The Kier molecular flexibility index (Phi) is 3.03. The molecule has 0 aliphatic heterocycles. The zero-order valence-corrected chi connectivity index (χ0v) is 10.7. The van der Waals surface area contributed by atoms with Crippen LogP contribution in [0.2, 0.25) is 5.02 Å². The fourth-order valence-corrected chi connectivity index (χ4v) is 1.70. The van der Waals surface area contributed by atoms with E-state index >= 15 is 0 Å². The normalized spacial score (nSPS) is 10.6. The van der Waals surface area contributed by atoms with Gasteiger partial charge in [0.25, 0.3) is 5.56 Å². The summed E-state index contributed by atoms with van der Waals surface area (Å²) in [6, 6.07) is 5.62. The number of aromatic amines is 1. The fourth-order valence-electron chi connectivity index (χ4n) is 1.52. The van der Waals surface area contributed by atoms with E-state index in [2.05, 4.69) is 9.97 Å². The number of nitrogens with one attached hydrogen (secondary N) is 1. The van der Waals surface area contributed by atoms with Gasteiger partial charge in [-0.25, -0.2) is 4.98 Å². The Morgan fingerprint density at radius 1 is 1.24 bits per heavy atom. The Morgan fingerprint density at radius 2 is 1.94 bits per heavy atom. The maximum absolute atomic E-state index is 11.7. The maximum atomic E-state index is 11.7. The molecule has 0 bridgehead atoms. The Morgan fingerprint density at radius 3 is 2.53 bits per heavy atom. The summed E-state index contributed by atoms with van der Waals surface area (Å²) in [5, 5.41) is 0.670. The van der Waals surface area contributed by atoms with Crippen molar-refractivity contribution in [3.8, 4) is 11.4 Å². The van der Waals surface area contributed by atoms with Crippen molar-refractivity contribution in [2.24, 2.45) is 0 Å². The number of aromatic nitrogens is 2. The summed E-state index contributed by atoms with van der Waals surface area (Å²) in [7, 11) is 0. The smallest absolute Gasteiger partial charge is 0.254 e. The summed E-state index contributed by atoms with van der Waals surface area (Å²) in [5.41, 5.74) is 3.10. The van der Waals surface area contributed by atoms with Gasteiger partial charge in [-0.3, -0.25) is 4.79 Å². The molecule has 17 heavy (non-hydrogen) atoms. The molecule has 2 rings (SSSR count). The molecule has 0 atom stereocenters. The first-order chi connectivity index (χ1) is 7.99.